The Morgan fingerprint density at radius 3 is 1.78 bits per heavy atom. The number of phenols is 1. The van der Waals surface area contributed by atoms with Gasteiger partial charge in [-0.3, -0.25) is 9.55 Å². The largest absolute Gasteiger partial charge is 0.507 e. The molecule has 0 aliphatic heterocycles. The molecule has 0 amide bonds. The minimum absolute atomic E-state index is 0.108. The Kier molecular flexibility index (Phi) is 11.3. The van der Waals surface area contributed by atoms with Crippen molar-refractivity contribution in [1.82, 2.24) is 19.1 Å². The number of phenolic OH excluding ortho intramolecular Hbond substituents is 1. The maximum atomic E-state index is 12.8. The standard InChI is InChI=1S/C72H62N4O2/c1-70(2,3)48-33-36-62(54(39-48)46-23-14-11-15-24-46)76-63-29-20-27-53(66(63)74-69(76)57-40-49(71(4,5)6)41-59(67(57)77)72(7,8)9)56-38-47(37-55-52-26-17-19-30-65(52)78-68(55)56)60-42-64-58(43-73-60)51-25-16-18-28-61(51)75(64)50-34-31-45(32-35-50)44-21-12-10-13-22-44/h10-43,77H,1-9H3. The molecule has 13 aromatic rings. The molecule has 0 radical (unpaired) electrons. The molecule has 4 aromatic heterocycles. The summed E-state index contributed by atoms with van der Waals surface area (Å²) in [6, 6.07) is 71.2. The van der Waals surface area contributed by atoms with E-state index in [9.17, 15) is 5.11 Å². The zero-order valence-corrected chi connectivity index (χ0v) is 45.8. The van der Waals surface area contributed by atoms with E-state index in [1.54, 1.807) is 0 Å². The fourth-order valence-corrected chi connectivity index (χ4v) is 11.5. The van der Waals surface area contributed by atoms with Crippen LogP contribution in [-0.2, 0) is 16.2 Å². The zero-order chi connectivity index (χ0) is 53.8. The number of hydrogen-bond acceptors (Lipinski definition) is 4. The highest BCUT2D eigenvalue weighted by Gasteiger charge is 2.30. The number of fused-ring (bicyclic) bond motifs is 7. The zero-order valence-electron chi connectivity index (χ0n) is 45.8. The van der Waals surface area contributed by atoms with Crippen LogP contribution in [0.15, 0.2) is 211 Å². The molecule has 0 saturated heterocycles. The van der Waals surface area contributed by atoms with Crippen LogP contribution in [0.3, 0.4) is 0 Å². The molecule has 6 nitrogen and oxygen atoms in total. The number of hydrogen-bond donors (Lipinski definition) is 1. The molecule has 0 atom stereocenters. The van der Waals surface area contributed by atoms with Gasteiger partial charge in [0, 0.05) is 61.2 Å². The molecular weight excluding hydrogens is 953 g/mol. The van der Waals surface area contributed by atoms with Crippen LogP contribution in [0.2, 0.25) is 0 Å². The monoisotopic (exact) mass is 1010 g/mol. The molecular formula is C72H62N4O2. The van der Waals surface area contributed by atoms with Gasteiger partial charge in [-0.15, -0.1) is 0 Å². The highest BCUT2D eigenvalue weighted by atomic mass is 16.3. The second-order valence-electron chi connectivity index (χ2n) is 24.1. The fraction of sp³-hybridized carbons (Fsp3) is 0.167. The maximum Gasteiger partial charge on any atom is 0.149 e. The summed E-state index contributed by atoms with van der Waals surface area (Å²) in [6.07, 6.45) is 2.03. The number of imidazole rings is 1. The van der Waals surface area contributed by atoms with Gasteiger partial charge in [0.15, 0.2) is 0 Å². The van der Waals surface area contributed by atoms with Crippen LogP contribution in [-0.4, -0.2) is 24.2 Å². The molecule has 382 valence electrons. The first-order valence-electron chi connectivity index (χ1n) is 27.1. The molecule has 0 aliphatic carbocycles. The van der Waals surface area contributed by atoms with E-state index in [2.05, 4.69) is 260 Å². The second kappa shape index (κ2) is 18.1. The quantitative estimate of drug-likeness (QED) is 0.173. The average molecular weight is 1020 g/mol. The highest BCUT2D eigenvalue weighted by molar-refractivity contribution is 6.14. The summed E-state index contributed by atoms with van der Waals surface area (Å²) < 4.78 is 11.6. The molecule has 13 rings (SSSR count). The van der Waals surface area contributed by atoms with Gasteiger partial charge in [-0.05, 0) is 111 Å². The molecule has 0 saturated carbocycles. The first-order chi connectivity index (χ1) is 37.5. The molecule has 0 bridgehead atoms. The van der Waals surface area contributed by atoms with Crippen molar-refractivity contribution in [2.24, 2.45) is 0 Å². The third-order valence-electron chi connectivity index (χ3n) is 15.8. The first-order valence-corrected chi connectivity index (χ1v) is 27.1. The summed E-state index contributed by atoms with van der Waals surface area (Å²) in [5.74, 6) is 0.884. The minimum atomic E-state index is -0.364. The van der Waals surface area contributed by atoms with E-state index >= 15 is 0 Å². The van der Waals surface area contributed by atoms with Gasteiger partial charge in [-0.25, -0.2) is 4.98 Å². The molecule has 0 fully saturated rings. The molecule has 4 heterocycles. The SMILES string of the molecule is CC(C)(C)c1ccc(-n2c(-c3cc(C(C)(C)C)cc(C(C)(C)C)c3O)nc3c(-c4cc(-c5cc6c(cn5)c5ccccc5n6-c5ccc(-c6ccccc6)cc5)cc5c4oc4ccccc45)cccc32)c(-c2ccccc2)c1. The Morgan fingerprint density at radius 2 is 1.06 bits per heavy atom. The van der Waals surface area contributed by atoms with Crippen molar-refractivity contribution in [3.8, 4) is 73.2 Å². The number of benzene rings is 9. The van der Waals surface area contributed by atoms with Gasteiger partial charge in [0.1, 0.15) is 22.7 Å². The van der Waals surface area contributed by atoms with E-state index in [0.717, 1.165) is 111 Å². The molecule has 0 spiro atoms. The van der Waals surface area contributed by atoms with Crippen molar-refractivity contribution in [1.29, 1.82) is 0 Å². The Morgan fingerprint density at radius 1 is 0.423 bits per heavy atom. The molecule has 0 unspecified atom stereocenters. The lowest BCUT2D eigenvalue weighted by Gasteiger charge is -2.28. The van der Waals surface area contributed by atoms with E-state index in [-0.39, 0.29) is 22.0 Å². The lowest BCUT2D eigenvalue weighted by molar-refractivity contribution is 0.446. The Bertz CT molecular complexity index is 4480. The Labute approximate surface area is 455 Å². The summed E-state index contributed by atoms with van der Waals surface area (Å²) in [5, 5.41) is 17.0. The van der Waals surface area contributed by atoms with Crippen molar-refractivity contribution in [3.05, 3.63) is 223 Å². The van der Waals surface area contributed by atoms with Crippen molar-refractivity contribution < 1.29 is 9.52 Å². The summed E-state index contributed by atoms with van der Waals surface area (Å²) in [7, 11) is 0. The van der Waals surface area contributed by atoms with Gasteiger partial charge >= 0.3 is 0 Å². The topological polar surface area (TPSA) is 69.0 Å². The van der Waals surface area contributed by atoms with Crippen LogP contribution in [0.1, 0.15) is 79.0 Å². The van der Waals surface area contributed by atoms with Gasteiger partial charge in [0.25, 0.3) is 0 Å². The van der Waals surface area contributed by atoms with E-state index in [0.29, 0.717) is 11.4 Å². The average Bonchev–Trinajstić information content (AvgIpc) is 4.21. The third-order valence-corrected chi connectivity index (χ3v) is 15.8. The van der Waals surface area contributed by atoms with Gasteiger partial charge in [-0.1, -0.05) is 196 Å². The van der Waals surface area contributed by atoms with E-state index in [1.807, 2.05) is 18.3 Å². The Balaban J connectivity index is 1.09. The summed E-state index contributed by atoms with van der Waals surface area (Å²) in [4.78, 5) is 11.1. The van der Waals surface area contributed by atoms with Crippen molar-refractivity contribution >= 4 is 54.8 Å². The molecule has 9 aromatic carbocycles. The second-order valence-corrected chi connectivity index (χ2v) is 24.1. The van der Waals surface area contributed by atoms with Gasteiger partial charge < -0.3 is 14.1 Å². The summed E-state index contributed by atoms with van der Waals surface area (Å²) in [5.41, 5.74) is 18.8. The molecule has 78 heavy (non-hydrogen) atoms. The molecule has 1 N–H and O–H groups in total. The molecule has 6 heteroatoms. The van der Waals surface area contributed by atoms with Gasteiger partial charge in [-0.2, -0.15) is 0 Å². The van der Waals surface area contributed by atoms with Crippen LogP contribution < -0.4 is 0 Å². The maximum absolute atomic E-state index is 12.8. The van der Waals surface area contributed by atoms with Crippen LogP contribution >= 0.6 is 0 Å². The number of furan rings is 1. The van der Waals surface area contributed by atoms with Crippen LogP contribution in [0.4, 0.5) is 0 Å². The molecule has 0 aliphatic rings. The number of aromatic nitrogens is 4. The number of para-hydroxylation sites is 3. The van der Waals surface area contributed by atoms with Gasteiger partial charge in [0.05, 0.1) is 39.0 Å². The lowest BCUT2D eigenvalue weighted by atomic mass is 9.79. The van der Waals surface area contributed by atoms with E-state index in [4.69, 9.17) is 14.4 Å². The predicted octanol–water partition coefficient (Wildman–Crippen LogP) is 19.4. The summed E-state index contributed by atoms with van der Waals surface area (Å²) >= 11 is 0. The third kappa shape index (κ3) is 8.17. The Hall–Kier alpha value is -9.00. The van der Waals surface area contributed by atoms with E-state index in [1.165, 1.54) is 16.7 Å². The lowest BCUT2D eigenvalue weighted by Crippen LogP contribution is -2.17. The van der Waals surface area contributed by atoms with Crippen LogP contribution in [0.5, 0.6) is 5.75 Å². The number of nitrogens with zero attached hydrogens (tertiary/aromatic N) is 4. The van der Waals surface area contributed by atoms with E-state index < -0.39 is 0 Å². The number of rotatable bonds is 7. The fourth-order valence-electron chi connectivity index (χ4n) is 11.5. The number of aromatic hydroxyl groups is 1. The van der Waals surface area contributed by atoms with Gasteiger partial charge in [0.2, 0.25) is 0 Å². The van der Waals surface area contributed by atoms with Crippen LogP contribution in [0.25, 0.3) is 122 Å². The smallest absolute Gasteiger partial charge is 0.149 e. The summed E-state index contributed by atoms with van der Waals surface area (Å²) in [6.45, 7) is 20.0. The highest BCUT2D eigenvalue weighted by Crippen LogP contribution is 2.48. The number of pyridine rings is 1. The normalized spacial score (nSPS) is 12.5. The van der Waals surface area contributed by atoms with Crippen molar-refractivity contribution in [2.45, 2.75) is 78.6 Å². The first kappa shape index (κ1) is 48.6. The van der Waals surface area contributed by atoms with Crippen LogP contribution in [0, 0.1) is 0 Å². The van der Waals surface area contributed by atoms with Crippen molar-refractivity contribution in [3.63, 3.8) is 0 Å². The minimum Gasteiger partial charge on any atom is -0.507 e. The predicted molar refractivity (Wildman–Crippen MR) is 325 cm³/mol. The van der Waals surface area contributed by atoms with Crippen molar-refractivity contribution in [2.75, 3.05) is 0 Å².